The molecular formula is C20H32N2O. The number of rotatable bonds is 7. The highest BCUT2D eigenvalue weighted by molar-refractivity contribution is 5.15. The third-order valence-electron chi connectivity index (χ3n) is 4.71. The number of hydrogen-bond acceptors (Lipinski definition) is 3. The van der Waals surface area contributed by atoms with Crippen LogP contribution in [-0.4, -0.2) is 47.8 Å². The fraction of sp³-hybridized carbons (Fsp3) is 0.600. The molecule has 0 radical (unpaired) electrons. The normalized spacial score (nSPS) is 19.3. The Morgan fingerprint density at radius 2 is 1.91 bits per heavy atom. The van der Waals surface area contributed by atoms with Gasteiger partial charge in [-0.15, -0.1) is 0 Å². The highest BCUT2D eigenvalue weighted by Crippen LogP contribution is 2.13. The van der Waals surface area contributed by atoms with Crippen LogP contribution in [0, 0.1) is 0 Å². The van der Waals surface area contributed by atoms with Gasteiger partial charge in [0.1, 0.15) is 0 Å². The van der Waals surface area contributed by atoms with Crippen molar-refractivity contribution in [1.29, 1.82) is 0 Å². The summed E-state index contributed by atoms with van der Waals surface area (Å²) in [4.78, 5) is 2.51. The van der Waals surface area contributed by atoms with Crippen LogP contribution in [0.15, 0.2) is 42.0 Å². The molecule has 1 aromatic rings. The van der Waals surface area contributed by atoms with E-state index in [9.17, 15) is 5.11 Å². The van der Waals surface area contributed by atoms with Crippen molar-refractivity contribution in [3.8, 4) is 0 Å². The molecule has 1 aliphatic heterocycles. The summed E-state index contributed by atoms with van der Waals surface area (Å²) >= 11 is 0. The van der Waals surface area contributed by atoms with Crippen LogP contribution in [0.1, 0.15) is 39.2 Å². The van der Waals surface area contributed by atoms with E-state index in [1.54, 1.807) is 0 Å². The quantitative estimate of drug-likeness (QED) is 0.759. The van der Waals surface area contributed by atoms with Crippen molar-refractivity contribution in [3.63, 3.8) is 0 Å². The minimum absolute atomic E-state index is 0.129. The van der Waals surface area contributed by atoms with Gasteiger partial charge in [0.2, 0.25) is 0 Å². The largest absolute Gasteiger partial charge is 0.391 e. The van der Waals surface area contributed by atoms with Gasteiger partial charge >= 0.3 is 0 Å². The third-order valence-corrected chi connectivity index (χ3v) is 4.71. The highest BCUT2D eigenvalue weighted by Gasteiger charge is 2.22. The zero-order chi connectivity index (χ0) is 16.7. The van der Waals surface area contributed by atoms with E-state index in [1.165, 1.54) is 24.0 Å². The van der Waals surface area contributed by atoms with E-state index in [2.05, 4.69) is 49.2 Å². The van der Waals surface area contributed by atoms with Crippen molar-refractivity contribution in [1.82, 2.24) is 10.2 Å². The number of nitrogens with one attached hydrogen (secondary N) is 1. The molecular weight excluding hydrogens is 284 g/mol. The molecule has 3 nitrogen and oxygen atoms in total. The molecule has 1 aliphatic rings. The molecule has 2 atom stereocenters. The maximum Gasteiger partial charge on any atom is 0.0730 e. The monoisotopic (exact) mass is 316 g/mol. The average molecular weight is 316 g/mol. The van der Waals surface area contributed by atoms with E-state index >= 15 is 0 Å². The first-order valence-electron chi connectivity index (χ1n) is 8.88. The predicted molar refractivity (Wildman–Crippen MR) is 97.6 cm³/mol. The first-order valence-corrected chi connectivity index (χ1v) is 8.88. The summed E-state index contributed by atoms with van der Waals surface area (Å²) in [7, 11) is 0. The fourth-order valence-corrected chi connectivity index (χ4v) is 3.11. The van der Waals surface area contributed by atoms with Gasteiger partial charge in [0.25, 0.3) is 0 Å². The van der Waals surface area contributed by atoms with E-state index in [4.69, 9.17) is 0 Å². The number of piperidine rings is 1. The number of aliphatic hydroxyl groups excluding tert-OH is 1. The minimum Gasteiger partial charge on any atom is -0.391 e. The summed E-state index contributed by atoms with van der Waals surface area (Å²) in [6.07, 6.45) is 5.02. The molecule has 0 amide bonds. The summed E-state index contributed by atoms with van der Waals surface area (Å²) in [6.45, 7) is 9.77. The molecule has 1 saturated heterocycles. The number of benzene rings is 1. The van der Waals surface area contributed by atoms with Gasteiger partial charge in [-0.05, 0) is 58.7 Å². The van der Waals surface area contributed by atoms with Gasteiger partial charge in [-0.1, -0.05) is 42.0 Å². The molecule has 2 unspecified atom stereocenters. The molecule has 0 bridgehead atoms. The molecule has 0 aromatic heterocycles. The van der Waals surface area contributed by atoms with Gasteiger partial charge in [-0.2, -0.15) is 0 Å². The summed E-state index contributed by atoms with van der Waals surface area (Å²) in [5.41, 5.74) is 2.59. The van der Waals surface area contributed by atoms with Gasteiger partial charge < -0.3 is 10.4 Å². The fourth-order valence-electron chi connectivity index (χ4n) is 3.11. The van der Waals surface area contributed by atoms with Crippen LogP contribution in [0.25, 0.3) is 0 Å². The van der Waals surface area contributed by atoms with Crippen molar-refractivity contribution in [2.24, 2.45) is 0 Å². The van der Waals surface area contributed by atoms with E-state index < -0.39 is 0 Å². The maximum absolute atomic E-state index is 10.4. The number of likely N-dealkylation sites (tertiary alicyclic amines) is 1. The minimum atomic E-state index is -0.332. The SMILES string of the molecule is CC(C)=CCN1CCC(NC(C)C(O)Cc2ccccc2)CC1. The third kappa shape index (κ3) is 6.46. The second-order valence-electron chi connectivity index (χ2n) is 7.07. The van der Waals surface area contributed by atoms with Gasteiger partial charge in [0.15, 0.2) is 0 Å². The molecule has 0 saturated carbocycles. The van der Waals surface area contributed by atoms with Crippen LogP contribution in [0.3, 0.4) is 0 Å². The van der Waals surface area contributed by atoms with Crippen molar-refractivity contribution in [3.05, 3.63) is 47.5 Å². The first kappa shape index (κ1) is 18.2. The number of hydrogen-bond donors (Lipinski definition) is 2. The van der Waals surface area contributed by atoms with E-state index in [0.717, 1.165) is 19.6 Å². The molecule has 1 aromatic carbocycles. The van der Waals surface area contributed by atoms with E-state index in [-0.39, 0.29) is 12.1 Å². The standard InChI is InChI=1S/C20H32N2O/c1-16(2)9-12-22-13-10-19(11-14-22)21-17(3)20(23)15-18-7-5-4-6-8-18/h4-9,17,19-21,23H,10-15H2,1-3H3. The van der Waals surface area contributed by atoms with Gasteiger partial charge in [-0.25, -0.2) is 0 Å². The zero-order valence-corrected chi connectivity index (χ0v) is 14.8. The number of aliphatic hydroxyl groups is 1. The van der Waals surface area contributed by atoms with E-state index in [0.29, 0.717) is 12.5 Å². The van der Waals surface area contributed by atoms with Crippen LogP contribution in [-0.2, 0) is 6.42 Å². The molecule has 0 spiro atoms. The number of allylic oxidation sites excluding steroid dienone is 1. The predicted octanol–water partition coefficient (Wildman–Crippen LogP) is 3.00. The lowest BCUT2D eigenvalue weighted by atomic mass is 9.99. The van der Waals surface area contributed by atoms with Crippen molar-refractivity contribution in [2.75, 3.05) is 19.6 Å². The lowest BCUT2D eigenvalue weighted by Crippen LogP contribution is -2.49. The Morgan fingerprint density at radius 3 is 2.52 bits per heavy atom. The van der Waals surface area contributed by atoms with Crippen LogP contribution >= 0.6 is 0 Å². The van der Waals surface area contributed by atoms with Crippen molar-refractivity contribution < 1.29 is 5.11 Å². The maximum atomic E-state index is 10.4. The Morgan fingerprint density at radius 1 is 1.26 bits per heavy atom. The van der Waals surface area contributed by atoms with Crippen LogP contribution in [0.5, 0.6) is 0 Å². The Balaban J connectivity index is 1.71. The average Bonchev–Trinajstić information content (AvgIpc) is 2.55. The molecule has 1 fully saturated rings. The molecule has 0 aliphatic carbocycles. The zero-order valence-electron chi connectivity index (χ0n) is 14.8. The lowest BCUT2D eigenvalue weighted by Gasteiger charge is -2.34. The van der Waals surface area contributed by atoms with Gasteiger partial charge in [0.05, 0.1) is 6.10 Å². The second-order valence-corrected chi connectivity index (χ2v) is 7.07. The van der Waals surface area contributed by atoms with Gasteiger partial charge in [-0.3, -0.25) is 4.90 Å². The van der Waals surface area contributed by atoms with Crippen molar-refractivity contribution in [2.45, 2.75) is 58.2 Å². The van der Waals surface area contributed by atoms with Gasteiger partial charge in [0, 0.05) is 18.6 Å². The van der Waals surface area contributed by atoms with Crippen LogP contribution < -0.4 is 5.32 Å². The molecule has 2 N–H and O–H groups in total. The number of nitrogens with zero attached hydrogens (tertiary/aromatic N) is 1. The lowest BCUT2D eigenvalue weighted by molar-refractivity contribution is 0.116. The molecule has 23 heavy (non-hydrogen) atoms. The summed E-state index contributed by atoms with van der Waals surface area (Å²) in [5.74, 6) is 0. The Kier molecular flexibility index (Phi) is 7.28. The molecule has 128 valence electrons. The first-order chi connectivity index (χ1) is 11.0. The highest BCUT2D eigenvalue weighted by atomic mass is 16.3. The smallest absolute Gasteiger partial charge is 0.0730 e. The van der Waals surface area contributed by atoms with Crippen molar-refractivity contribution >= 4 is 0 Å². The van der Waals surface area contributed by atoms with E-state index in [1.807, 2.05) is 18.2 Å². The molecule has 1 heterocycles. The van der Waals surface area contributed by atoms with Crippen LogP contribution in [0.4, 0.5) is 0 Å². The summed E-state index contributed by atoms with van der Waals surface area (Å²) in [6, 6.07) is 10.9. The second kappa shape index (κ2) is 9.21. The summed E-state index contributed by atoms with van der Waals surface area (Å²) in [5, 5.41) is 14.1. The Labute approximate surface area is 141 Å². The summed E-state index contributed by atoms with van der Waals surface area (Å²) < 4.78 is 0. The molecule has 2 rings (SSSR count). The Hall–Kier alpha value is -1.16. The molecule has 3 heteroatoms. The Bertz CT molecular complexity index is 474. The van der Waals surface area contributed by atoms with Crippen LogP contribution in [0.2, 0.25) is 0 Å². The topological polar surface area (TPSA) is 35.5 Å².